The SMILES string of the molecule is Cc1cc(C)cc(Nc2cc(-c3ccncc3)nc(NC(C)(C)C)n2)c1. The molecule has 3 aromatic rings. The first-order valence-electron chi connectivity index (χ1n) is 8.71. The molecule has 0 aliphatic carbocycles. The molecule has 2 N–H and O–H groups in total. The fourth-order valence-electron chi connectivity index (χ4n) is 2.77. The number of anilines is 3. The molecule has 0 radical (unpaired) electrons. The molecule has 2 aromatic heterocycles. The van der Waals surface area contributed by atoms with Gasteiger partial charge in [-0.3, -0.25) is 4.98 Å². The van der Waals surface area contributed by atoms with Gasteiger partial charge in [0.1, 0.15) is 5.82 Å². The van der Waals surface area contributed by atoms with Crippen LogP contribution in [-0.4, -0.2) is 20.5 Å². The molecule has 0 spiro atoms. The van der Waals surface area contributed by atoms with Gasteiger partial charge in [-0.2, -0.15) is 4.98 Å². The Morgan fingerprint density at radius 2 is 1.50 bits per heavy atom. The quantitative estimate of drug-likeness (QED) is 0.687. The fraction of sp³-hybridized carbons (Fsp3) is 0.286. The summed E-state index contributed by atoms with van der Waals surface area (Å²) < 4.78 is 0. The van der Waals surface area contributed by atoms with Crippen LogP contribution in [0.1, 0.15) is 31.9 Å². The summed E-state index contributed by atoms with van der Waals surface area (Å²) in [5, 5.41) is 6.78. The average molecular weight is 347 g/mol. The predicted octanol–water partition coefficient (Wildman–Crippen LogP) is 5.11. The van der Waals surface area contributed by atoms with E-state index in [1.807, 2.05) is 18.2 Å². The van der Waals surface area contributed by atoms with Crippen molar-refractivity contribution in [2.75, 3.05) is 10.6 Å². The van der Waals surface area contributed by atoms with Gasteiger partial charge in [-0.15, -0.1) is 0 Å². The Labute approximate surface area is 154 Å². The first kappa shape index (κ1) is 17.9. The summed E-state index contributed by atoms with van der Waals surface area (Å²) in [6.07, 6.45) is 3.54. The highest BCUT2D eigenvalue weighted by atomic mass is 15.2. The molecule has 3 rings (SSSR count). The number of hydrogen-bond acceptors (Lipinski definition) is 5. The molecule has 0 atom stereocenters. The molecule has 0 unspecified atom stereocenters. The highest BCUT2D eigenvalue weighted by Crippen LogP contribution is 2.25. The summed E-state index contributed by atoms with van der Waals surface area (Å²) >= 11 is 0. The van der Waals surface area contributed by atoms with E-state index in [1.54, 1.807) is 12.4 Å². The molecule has 0 saturated heterocycles. The van der Waals surface area contributed by atoms with Crippen molar-refractivity contribution in [2.45, 2.75) is 40.2 Å². The zero-order chi connectivity index (χ0) is 18.7. The number of rotatable bonds is 4. The van der Waals surface area contributed by atoms with E-state index in [-0.39, 0.29) is 5.54 Å². The highest BCUT2D eigenvalue weighted by Gasteiger charge is 2.14. The third kappa shape index (κ3) is 4.79. The average Bonchev–Trinajstić information content (AvgIpc) is 2.53. The molecule has 5 nitrogen and oxygen atoms in total. The molecule has 0 saturated carbocycles. The summed E-state index contributed by atoms with van der Waals surface area (Å²) in [6.45, 7) is 10.5. The summed E-state index contributed by atoms with van der Waals surface area (Å²) in [6, 6.07) is 12.2. The Hall–Kier alpha value is -2.95. The molecule has 134 valence electrons. The van der Waals surface area contributed by atoms with Gasteiger partial charge in [0.15, 0.2) is 0 Å². The van der Waals surface area contributed by atoms with Gasteiger partial charge in [-0.1, -0.05) is 6.07 Å². The Morgan fingerprint density at radius 3 is 2.12 bits per heavy atom. The molecular weight excluding hydrogens is 322 g/mol. The van der Waals surface area contributed by atoms with Gasteiger partial charge in [0.2, 0.25) is 5.95 Å². The molecule has 0 bridgehead atoms. The van der Waals surface area contributed by atoms with Crippen LogP contribution < -0.4 is 10.6 Å². The minimum Gasteiger partial charge on any atom is -0.350 e. The van der Waals surface area contributed by atoms with Crippen LogP contribution in [0.2, 0.25) is 0 Å². The highest BCUT2D eigenvalue weighted by molar-refractivity contribution is 5.67. The topological polar surface area (TPSA) is 62.7 Å². The van der Waals surface area contributed by atoms with Gasteiger partial charge in [0.25, 0.3) is 0 Å². The second-order valence-corrected chi connectivity index (χ2v) is 7.57. The maximum absolute atomic E-state index is 4.68. The van der Waals surface area contributed by atoms with Crippen molar-refractivity contribution >= 4 is 17.5 Å². The number of aromatic nitrogens is 3. The molecule has 5 heteroatoms. The molecule has 1 aromatic carbocycles. The van der Waals surface area contributed by atoms with Crippen LogP contribution in [0.5, 0.6) is 0 Å². The monoisotopic (exact) mass is 347 g/mol. The van der Waals surface area contributed by atoms with Crippen LogP contribution in [0, 0.1) is 13.8 Å². The van der Waals surface area contributed by atoms with Crippen LogP contribution in [0.25, 0.3) is 11.3 Å². The van der Waals surface area contributed by atoms with E-state index >= 15 is 0 Å². The van der Waals surface area contributed by atoms with Crippen LogP contribution in [0.3, 0.4) is 0 Å². The van der Waals surface area contributed by atoms with E-state index in [0.29, 0.717) is 5.95 Å². The number of benzene rings is 1. The molecule has 0 aliphatic heterocycles. The molecular formula is C21H25N5. The van der Waals surface area contributed by atoms with Crippen LogP contribution in [0.15, 0.2) is 48.8 Å². The van der Waals surface area contributed by atoms with Crippen molar-refractivity contribution in [3.8, 4) is 11.3 Å². The number of hydrogen-bond donors (Lipinski definition) is 2. The summed E-state index contributed by atoms with van der Waals surface area (Å²) in [4.78, 5) is 13.4. The molecule has 0 fully saturated rings. The summed E-state index contributed by atoms with van der Waals surface area (Å²) in [7, 11) is 0. The first-order valence-corrected chi connectivity index (χ1v) is 8.71. The van der Waals surface area contributed by atoms with Gasteiger partial charge >= 0.3 is 0 Å². The number of aryl methyl sites for hydroxylation is 2. The van der Waals surface area contributed by atoms with E-state index in [4.69, 9.17) is 0 Å². The van der Waals surface area contributed by atoms with Crippen molar-refractivity contribution in [2.24, 2.45) is 0 Å². The van der Waals surface area contributed by atoms with Crippen molar-refractivity contribution in [3.63, 3.8) is 0 Å². The molecule has 0 amide bonds. The van der Waals surface area contributed by atoms with Crippen molar-refractivity contribution in [3.05, 3.63) is 59.9 Å². The molecule has 2 heterocycles. The van der Waals surface area contributed by atoms with Crippen LogP contribution >= 0.6 is 0 Å². The van der Waals surface area contributed by atoms with Gasteiger partial charge in [-0.05, 0) is 70.0 Å². The number of nitrogens with zero attached hydrogens (tertiary/aromatic N) is 3. The normalized spacial score (nSPS) is 11.3. The van der Waals surface area contributed by atoms with Crippen molar-refractivity contribution in [1.82, 2.24) is 15.0 Å². The lowest BCUT2D eigenvalue weighted by atomic mass is 10.1. The Morgan fingerprint density at radius 1 is 0.846 bits per heavy atom. The van der Waals surface area contributed by atoms with Crippen LogP contribution in [0.4, 0.5) is 17.5 Å². The minimum atomic E-state index is -0.131. The fourth-order valence-corrected chi connectivity index (χ4v) is 2.77. The van der Waals surface area contributed by atoms with E-state index < -0.39 is 0 Å². The smallest absolute Gasteiger partial charge is 0.225 e. The Kier molecular flexibility index (Phi) is 4.89. The lowest BCUT2D eigenvalue weighted by molar-refractivity contribution is 0.626. The second-order valence-electron chi connectivity index (χ2n) is 7.57. The van der Waals surface area contributed by atoms with Gasteiger partial charge in [-0.25, -0.2) is 4.98 Å². The second kappa shape index (κ2) is 7.12. The van der Waals surface area contributed by atoms with E-state index in [0.717, 1.165) is 22.8 Å². The number of pyridine rings is 1. The van der Waals surface area contributed by atoms with Crippen molar-refractivity contribution < 1.29 is 0 Å². The lowest BCUT2D eigenvalue weighted by Gasteiger charge is -2.21. The Bertz CT molecular complexity index is 878. The van der Waals surface area contributed by atoms with Crippen LogP contribution in [-0.2, 0) is 0 Å². The Balaban J connectivity index is 2.01. The third-order valence-corrected chi connectivity index (χ3v) is 3.68. The lowest BCUT2D eigenvalue weighted by Crippen LogP contribution is -2.27. The van der Waals surface area contributed by atoms with E-state index in [1.165, 1.54) is 11.1 Å². The molecule has 26 heavy (non-hydrogen) atoms. The largest absolute Gasteiger partial charge is 0.350 e. The summed E-state index contributed by atoms with van der Waals surface area (Å²) in [5.74, 6) is 1.35. The van der Waals surface area contributed by atoms with Gasteiger partial charge in [0.05, 0.1) is 5.69 Å². The third-order valence-electron chi connectivity index (χ3n) is 3.68. The van der Waals surface area contributed by atoms with E-state index in [2.05, 4.69) is 78.4 Å². The van der Waals surface area contributed by atoms with E-state index in [9.17, 15) is 0 Å². The zero-order valence-corrected chi connectivity index (χ0v) is 16.0. The first-order chi connectivity index (χ1) is 12.3. The number of nitrogens with one attached hydrogen (secondary N) is 2. The van der Waals surface area contributed by atoms with Gasteiger partial charge in [0, 0.05) is 35.2 Å². The zero-order valence-electron chi connectivity index (χ0n) is 16.0. The van der Waals surface area contributed by atoms with Gasteiger partial charge < -0.3 is 10.6 Å². The standard InChI is InChI=1S/C21H25N5/c1-14-10-15(2)12-17(11-14)23-19-13-18(16-6-8-22-9-7-16)24-20(25-19)26-21(3,4)5/h6-13H,1-5H3,(H2,23,24,25,26). The van der Waals surface area contributed by atoms with Crippen molar-refractivity contribution in [1.29, 1.82) is 0 Å². The molecule has 0 aliphatic rings. The predicted molar refractivity (Wildman–Crippen MR) is 108 cm³/mol. The maximum Gasteiger partial charge on any atom is 0.225 e. The maximum atomic E-state index is 4.68. The minimum absolute atomic E-state index is 0.131. The summed E-state index contributed by atoms with van der Waals surface area (Å²) in [5.41, 5.74) is 5.16.